The van der Waals surface area contributed by atoms with Crippen molar-refractivity contribution in [1.82, 2.24) is 25.9 Å². The number of thioether (sulfide) groups is 1. The lowest BCUT2D eigenvalue weighted by Gasteiger charge is -2.26. The molecule has 12 nitrogen and oxygen atoms in total. The van der Waals surface area contributed by atoms with E-state index in [9.17, 15) is 29.4 Å². The monoisotopic (exact) mass is 500 g/mol. The second-order valence-corrected chi connectivity index (χ2v) is 9.47. The van der Waals surface area contributed by atoms with Gasteiger partial charge in [0.1, 0.15) is 12.1 Å². The minimum absolute atomic E-state index is 0.00653. The highest BCUT2D eigenvalue weighted by Gasteiger charge is 2.32. The maximum absolute atomic E-state index is 13.0. The van der Waals surface area contributed by atoms with E-state index >= 15 is 0 Å². The highest BCUT2D eigenvalue weighted by Crippen LogP contribution is 2.09. The van der Waals surface area contributed by atoms with Crippen LogP contribution in [0.5, 0.6) is 0 Å². The molecule has 0 bridgehead atoms. The Kier molecular flexibility index (Phi) is 12.6. The van der Waals surface area contributed by atoms with E-state index in [-0.39, 0.29) is 18.8 Å². The molecule has 0 aliphatic heterocycles. The molecule has 5 atom stereocenters. The third kappa shape index (κ3) is 10.1. The van der Waals surface area contributed by atoms with Gasteiger partial charge in [0.15, 0.2) is 6.04 Å². The van der Waals surface area contributed by atoms with Crippen molar-refractivity contribution in [2.45, 2.75) is 70.3 Å². The predicted molar refractivity (Wildman–Crippen MR) is 128 cm³/mol. The largest absolute Gasteiger partial charge is 0.480 e. The van der Waals surface area contributed by atoms with Crippen LogP contribution in [0.3, 0.4) is 0 Å². The van der Waals surface area contributed by atoms with Gasteiger partial charge in [-0.3, -0.25) is 14.4 Å². The van der Waals surface area contributed by atoms with Crippen LogP contribution < -0.4 is 21.7 Å². The van der Waals surface area contributed by atoms with Crippen LogP contribution in [-0.2, 0) is 25.6 Å². The Labute approximate surface area is 203 Å². The van der Waals surface area contributed by atoms with Crippen LogP contribution in [0.1, 0.15) is 39.3 Å². The zero-order chi connectivity index (χ0) is 25.8. The van der Waals surface area contributed by atoms with Gasteiger partial charge in [-0.15, -0.1) is 0 Å². The molecule has 5 unspecified atom stereocenters. The fourth-order valence-corrected chi connectivity index (χ4v) is 3.60. The standard InChI is InChI=1S/C21H36N6O6S/c1-11(2)7-16(20(31)27-17(12(3)28)21(32)33)26-19(30)15(5-6-34-4)25-18(29)14(22)8-13-9-23-10-24-13/h9-12,14-17,28H,5-8,22H2,1-4H3,(H,23,24)(H,25,29)(H,26,30)(H,27,31)(H,32,33). The van der Waals surface area contributed by atoms with Gasteiger partial charge in [0.2, 0.25) is 17.7 Å². The zero-order valence-electron chi connectivity index (χ0n) is 19.9. The number of carboxylic acid groups (broad SMARTS) is 1. The molecule has 1 rings (SSSR count). The van der Waals surface area contributed by atoms with Crippen LogP contribution in [0, 0.1) is 5.92 Å². The summed E-state index contributed by atoms with van der Waals surface area (Å²) in [6.45, 7) is 4.93. The summed E-state index contributed by atoms with van der Waals surface area (Å²) in [5, 5.41) is 26.4. The average Bonchev–Trinajstić information content (AvgIpc) is 3.26. The van der Waals surface area contributed by atoms with Crippen molar-refractivity contribution in [2.75, 3.05) is 12.0 Å². The van der Waals surface area contributed by atoms with Crippen LogP contribution >= 0.6 is 11.8 Å². The number of aromatic amines is 1. The van der Waals surface area contributed by atoms with E-state index in [4.69, 9.17) is 5.73 Å². The number of carboxylic acids is 1. The Morgan fingerprint density at radius 2 is 1.71 bits per heavy atom. The maximum atomic E-state index is 13.0. The summed E-state index contributed by atoms with van der Waals surface area (Å²) in [5.41, 5.74) is 6.65. The Bertz CT molecular complexity index is 804. The van der Waals surface area contributed by atoms with Gasteiger partial charge in [0, 0.05) is 18.3 Å². The number of amides is 3. The van der Waals surface area contributed by atoms with E-state index < -0.39 is 54.0 Å². The van der Waals surface area contributed by atoms with E-state index in [1.165, 1.54) is 25.0 Å². The Balaban J connectivity index is 2.92. The number of aliphatic hydroxyl groups is 1. The molecule has 192 valence electrons. The minimum Gasteiger partial charge on any atom is -0.480 e. The molecular formula is C21H36N6O6S. The average molecular weight is 501 g/mol. The van der Waals surface area contributed by atoms with Crippen molar-refractivity contribution in [3.05, 3.63) is 18.2 Å². The number of aromatic nitrogens is 2. The molecule has 0 aliphatic rings. The fourth-order valence-electron chi connectivity index (χ4n) is 3.13. The fraction of sp³-hybridized carbons (Fsp3) is 0.667. The van der Waals surface area contributed by atoms with Gasteiger partial charge in [-0.1, -0.05) is 13.8 Å². The Hall–Kier alpha value is -2.64. The van der Waals surface area contributed by atoms with E-state index in [1.54, 1.807) is 6.20 Å². The van der Waals surface area contributed by atoms with Gasteiger partial charge in [-0.25, -0.2) is 9.78 Å². The second kappa shape index (κ2) is 14.6. The van der Waals surface area contributed by atoms with Crippen LogP contribution in [0.2, 0.25) is 0 Å². The van der Waals surface area contributed by atoms with Gasteiger partial charge in [-0.05, 0) is 37.7 Å². The van der Waals surface area contributed by atoms with Crippen LogP contribution in [0.25, 0.3) is 0 Å². The molecule has 34 heavy (non-hydrogen) atoms. The molecule has 13 heteroatoms. The van der Waals surface area contributed by atoms with Crippen LogP contribution in [0.4, 0.5) is 0 Å². The summed E-state index contributed by atoms with van der Waals surface area (Å²) < 4.78 is 0. The van der Waals surface area contributed by atoms with Crippen molar-refractivity contribution in [3.63, 3.8) is 0 Å². The van der Waals surface area contributed by atoms with Crippen molar-refractivity contribution in [2.24, 2.45) is 11.7 Å². The summed E-state index contributed by atoms with van der Waals surface area (Å²) in [7, 11) is 0. The van der Waals surface area contributed by atoms with Gasteiger partial charge >= 0.3 is 5.97 Å². The van der Waals surface area contributed by atoms with E-state index in [2.05, 4.69) is 25.9 Å². The summed E-state index contributed by atoms with van der Waals surface area (Å²) in [5.74, 6) is -2.68. The van der Waals surface area contributed by atoms with Crippen molar-refractivity contribution in [1.29, 1.82) is 0 Å². The molecule has 0 saturated carbocycles. The van der Waals surface area contributed by atoms with E-state index in [0.717, 1.165) is 0 Å². The molecule has 0 aliphatic carbocycles. The molecule has 0 saturated heterocycles. The Morgan fingerprint density at radius 1 is 1.09 bits per heavy atom. The topological polar surface area (TPSA) is 200 Å². The number of hydrogen-bond acceptors (Lipinski definition) is 8. The SMILES string of the molecule is CSCCC(NC(=O)C(N)Cc1cnc[nH]1)C(=O)NC(CC(C)C)C(=O)NC(C(=O)O)C(C)O. The summed E-state index contributed by atoms with van der Waals surface area (Å²) >= 11 is 1.49. The molecule has 1 heterocycles. The lowest BCUT2D eigenvalue weighted by molar-refractivity contribution is -0.145. The first-order valence-corrected chi connectivity index (χ1v) is 12.4. The number of nitrogens with two attached hydrogens (primary N) is 1. The number of imidazole rings is 1. The lowest BCUT2D eigenvalue weighted by atomic mass is 10.0. The molecule has 8 N–H and O–H groups in total. The third-order valence-corrected chi connectivity index (χ3v) is 5.61. The van der Waals surface area contributed by atoms with Crippen molar-refractivity contribution >= 4 is 35.5 Å². The highest BCUT2D eigenvalue weighted by molar-refractivity contribution is 7.98. The number of H-pyrrole nitrogens is 1. The second-order valence-electron chi connectivity index (χ2n) is 8.49. The number of aliphatic hydroxyl groups excluding tert-OH is 1. The molecule has 0 spiro atoms. The molecule has 3 amide bonds. The normalized spacial score (nSPS) is 15.6. The number of aliphatic carboxylic acids is 1. The first kappa shape index (κ1) is 29.4. The van der Waals surface area contributed by atoms with Crippen LogP contribution in [-0.4, -0.2) is 86.2 Å². The minimum atomic E-state index is -1.52. The molecule has 1 aromatic rings. The van der Waals surface area contributed by atoms with Gasteiger partial charge in [0.25, 0.3) is 0 Å². The first-order valence-electron chi connectivity index (χ1n) is 11.0. The van der Waals surface area contributed by atoms with E-state index in [0.29, 0.717) is 17.9 Å². The highest BCUT2D eigenvalue weighted by atomic mass is 32.2. The molecule has 0 aromatic carbocycles. The van der Waals surface area contributed by atoms with Gasteiger partial charge in [-0.2, -0.15) is 11.8 Å². The number of nitrogens with one attached hydrogen (secondary N) is 4. The predicted octanol–water partition coefficient (Wildman–Crippen LogP) is -1.00. The third-order valence-electron chi connectivity index (χ3n) is 4.96. The summed E-state index contributed by atoms with van der Waals surface area (Å²) in [6, 6.07) is -4.43. The first-order chi connectivity index (χ1) is 16.0. The maximum Gasteiger partial charge on any atom is 0.328 e. The Morgan fingerprint density at radius 3 is 2.21 bits per heavy atom. The number of rotatable bonds is 15. The van der Waals surface area contributed by atoms with Crippen molar-refractivity contribution in [3.8, 4) is 0 Å². The number of nitrogens with zero attached hydrogens (tertiary/aromatic N) is 1. The van der Waals surface area contributed by atoms with Crippen molar-refractivity contribution < 1.29 is 29.4 Å². The van der Waals surface area contributed by atoms with Gasteiger partial charge in [0.05, 0.1) is 18.5 Å². The van der Waals surface area contributed by atoms with Gasteiger partial charge < -0.3 is 36.9 Å². The quantitative estimate of drug-likeness (QED) is 0.158. The van der Waals surface area contributed by atoms with Crippen LogP contribution in [0.15, 0.2) is 12.5 Å². The summed E-state index contributed by atoms with van der Waals surface area (Å²) in [4.78, 5) is 56.5. The molecular weight excluding hydrogens is 464 g/mol. The molecule has 0 fully saturated rings. The zero-order valence-corrected chi connectivity index (χ0v) is 20.7. The smallest absolute Gasteiger partial charge is 0.328 e. The number of carbonyl (C=O) groups is 4. The summed E-state index contributed by atoms with van der Waals surface area (Å²) in [6.07, 6.45) is 4.29. The molecule has 0 radical (unpaired) electrons. The number of hydrogen-bond donors (Lipinski definition) is 7. The molecule has 1 aromatic heterocycles. The lowest BCUT2D eigenvalue weighted by Crippen LogP contribution is -2.58. The number of carbonyl (C=O) groups excluding carboxylic acids is 3. The van der Waals surface area contributed by atoms with E-state index in [1.807, 2.05) is 20.1 Å².